The molecule has 0 radical (unpaired) electrons. The van der Waals surface area contributed by atoms with Gasteiger partial charge in [0.05, 0.1) is 0 Å². The minimum atomic E-state index is -0.500. The lowest BCUT2D eigenvalue weighted by Gasteiger charge is -2.07. The lowest BCUT2D eigenvalue weighted by molar-refractivity contribution is -0.110. The van der Waals surface area contributed by atoms with Crippen LogP contribution >= 0.6 is 35.1 Å². The first-order valence-corrected chi connectivity index (χ1v) is 7.21. The Morgan fingerprint density at radius 2 is 2.20 bits per heavy atom. The Morgan fingerprint density at radius 1 is 1.53 bits per heavy atom. The second kappa shape index (κ2) is 5.28. The van der Waals surface area contributed by atoms with Crippen molar-refractivity contribution in [1.29, 1.82) is 0 Å². The van der Waals surface area contributed by atoms with Crippen molar-refractivity contribution in [3.63, 3.8) is 0 Å². The van der Waals surface area contributed by atoms with Crippen LogP contribution < -0.4 is 0 Å². The maximum absolute atomic E-state index is 11.7. The standard InChI is InChI=1S/C11H11ClOS2/c12-10(8-4-2-1-3-5-8)11(13)15-7-9-6-14-9/h1-5,9-10H,6-7H2. The van der Waals surface area contributed by atoms with Crippen LogP contribution in [0.1, 0.15) is 10.9 Å². The summed E-state index contributed by atoms with van der Waals surface area (Å²) in [5.41, 5.74) is 0.889. The van der Waals surface area contributed by atoms with Crippen LogP contribution in [0.2, 0.25) is 0 Å². The highest BCUT2D eigenvalue weighted by Crippen LogP contribution is 2.35. The van der Waals surface area contributed by atoms with Crippen LogP contribution in [-0.4, -0.2) is 21.9 Å². The highest BCUT2D eigenvalue weighted by molar-refractivity contribution is 8.15. The molecule has 0 bridgehead atoms. The molecule has 1 fully saturated rings. The summed E-state index contributed by atoms with van der Waals surface area (Å²) in [7, 11) is 0. The Labute approximate surface area is 103 Å². The largest absolute Gasteiger partial charge is 0.285 e. The molecule has 2 atom stereocenters. The number of thioether (sulfide) groups is 2. The Bertz CT molecular complexity index is 338. The zero-order chi connectivity index (χ0) is 10.7. The molecule has 0 spiro atoms. The molecular weight excluding hydrogens is 248 g/mol. The van der Waals surface area contributed by atoms with Gasteiger partial charge < -0.3 is 0 Å². The first-order chi connectivity index (χ1) is 7.27. The van der Waals surface area contributed by atoms with Crippen molar-refractivity contribution in [3.05, 3.63) is 35.9 Å². The van der Waals surface area contributed by atoms with Crippen molar-refractivity contribution < 1.29 is 4.79 Å². The lowest BCUT2D eigenvalue weighted by atomic mass is 10.2. The van der Waals surface area contributed by atoms with Gasteiger partial charge in [0.2, 0.25) is 5.12 Å². The SMILES string of the molecule is O=C(SCC1CS1)C(Cl)c1ccccc1. The number of alkyl halides is 1. The van der Waals surface area contributed by atoms with E-state index in [1.807, 2.05) is 42.1 Å². The topological polar surface area (TPSA) is 17.1 Å². The van der Waals surface area contributed by atoms with E-state index in [0.717, 1.165) is 11.3 Å². The summed E-state index contributed by atoms with van der Waals surface area (Å²) in [6.45, 7) is 0. The normalized spacial score (nSPS) is 21.0. The summed E-state index contributed by atoms with van der Waals surface area (Å²) in [4.78, 5) is 11.7. The molecule has 4 heteroatoms. The monoisotopic (exact) mass is 258 g/mol. The van der Waals surface area contributed by atoms with Crippen molar-refractivity contribution in [2.45, 2.75) is 10.6 Å². The van der Waals surface area contributed by atoms with Gasteiger partial charge in [-0.1, -0.05) is 42.1 Å². The van der Waals surface area contributed by atoms with Crippen LogP contribution in [0.3, 0.4) is 0 Å². The van der Waals surface area contributed by atoms with Crippen LogP contribution in [-0.2, 0) is 4.79 Å². The van der Waals surface area contributed by atoms with E-state index in [9.17, 15) is 4.79 Å². The molecule has 1 aliphatic heterocycles. The molecule has 1 saturated heterocycles. The average Bonchev–Trinajstić information content (AvgIpc) is 3.10. The third-order valence-electron chi connectivity index (χ3n) is 2.11. The molecule has 1 heterocycles. The van der Waals surface area contributed by atoms with Gasteiger partial charge >= 0.3 is 0 Å². The summed E-state index contributed by atoms with van der Waals surface area (Å²) in [5.74, 6) is 2.10. The van der Waals surface area contributed by atoms with E-state index in [1.165, 1.54) is 17.5 Å². The molecule has 2 rings (SSSR count). The molecule has 0 aliphatic carbocycles. The maximum atomic E-state index is 11.7. The zero-order valence-corrected chi connectivity index (χ0v) is 10.4. The molecular formula is C11H11ClOS2. The summed E-state index contributed by atoms with van der Waals surface area (Å²) in [5, 5.41) is 0.244. The smallest absolute Gasteiger partial charge is 0.211 e. The van der Waals surface area contributed by atoms with Crippen LogP contribution in [0.15, 0.2) is 30.3 Å². The second-order valence-electron chi connectivity index (χ2n) is 3.36. The number of carbonyl (C=O) groups is 1. The van der Waals surface area contributed by atoms with Crippen molar-refractivity contribution in [1.82, 2.24) is 0 Å². The van der Waals surface area contributed by atoms with Crippen LogP contribution in [0.4, 0.5) is 0 Å². The van der Waals surface area contributed by atoms with E-state index in [2.05, 4.69) is 0 Å². The van der Waals surface area contributed by atoms with Crippen molar-refractivity contribution in [3.8, 4) is 0 Å². The molecule has 1 nitrogen and oxygen atoms in total. The van der Waals surface area contributed by atoms with E-state index in [1.54, 1.807) is 0 Å². The Balaban J connectivity index is 1.88. The number of hydrogen-bond acceptors (Lipinski definition) is 3. The number of halogens is 1. The highest BCUT2D eigenvalue weighted by atomic mass is 35.5. The van der Waals surface area contributed by atoms with Crippen molar-refractivity contribution in [2.75, 3.05) is 11.5 Å². The van der Waals surface area contributed by atoms with Gasteiger partial charge in [0.15, 0.2) is 0 Å². The van der Waals surface area contributed by atoms with Gasteiger partial charge in [-0.2, -0.15) is 11.8 Å². The van der Waals surface area contributed by atoms with Crippen molar-refractivity contribution in [2.24, 2.45) is 0 Å². The first kappa shape index (κ1) is 11.4. The Morgan fingerprint density at radius 3 is 2.80 bits per heavy atom. The third kappa shape index (κ3) is 3.44. The zero-order valence-electron chi connectivity index (χ0n) is 8.06. The van der Waals surface area contributed by atoms with Gasteiger partial charge in [0.25, 0.3) is 0 Å². The van der Waals surface area contributed by atoms with Gasteiger partial charge in [0.1, 0.15) is 5.38 Å². The van der Waals surface area contributed by atoms with Gasteiger partial charge in [-0.15, -0.1) is 11.6 Å². The summed E-state index contributed by atoms with van der Waals surface area (Å²) in [6.07, 6.45) is 0. The van der Waals surface area contributed by atoms with E-state index in [4.69, 9.17) is 11.6 Å². The minimum absolute atomic E-state index is 0.0652. The molecule has 1 aromatic rings. The van der Waals surface area contributed by atoms with E-state index >= 15 is 0 Å². The van der Waals surface area contributed by atoms with Crippen LogP contribution in [0.5, 0.6) is 0 Å². The van der Waals surface area contributed by atoms with E-state index in [-0.39, 0.29) is 5.12 Å². The number of carbonyl (C=O) groups excluding carboxylic acids is 1. The molecule has 1 aliphatic rings. The quantitative estimate of drug-likeness (QED) is 0.609. The molecule has 0 N–H and O–H groups in total. The Kier molecular flexibility index (Phi) is 4.00. The van der Waals surface area contributed by atoms with Gasteiger partial charge in [-0.25, -0.2) is 0 Å². The fourth-order valence-electron chi connectivity index (χ4n) is 1.17. The van der Waals surface area contributed by atoms with E-state index in [0.29, 0.717) is 5.25 Å². The number of benzene rings is 1. The molecule has 0 aromatic heterocycles. The molecule has 80 valence electrons. The number of hydrogen-bond donors (Lipinski definition) is 0. The fourth-order valence-corrected chi connectivity index (χ4v) is 3.25. The second-order valence-corrected chi connectivity index (χ2v) is 6.15. The molecule has 1 aromatic carbocycles. The Hall–Kier alpha value is -0.120. The van der Waals surface area contributed by atoms with Crippen LogP contribution in [0, 0.1) is 0 Å². The summed E-state index contributed by atoms with van der Waals surface area (Å²) < 4.78 is 0. The summed E-state index contributed by atoms with van der Waals surface area (Å²) >= 11 is 9.34. The average molecular weight is 259 g/mol. The fraction of sp³-hybridized carbons (Fsp3) is 0.364. The molecule has 0 saturated carbocycles. The first-order valence-electron chi connectivity index (χ1n) is 4.74. The maximum Gasteiger partial charge on any atom is 0.211 e. The molecule has 0 amide bonds. The highest BCUT2D eigenvalue weighted by Gasteiger charge is 2.25. The molecule has 15 heavy (non-hydrogen) atoms. The number of rotatable bonds is 4. The van der Waals surface area contributed by atoms with Gasteiger partial charge in [-0.05, 0) is 5.56 Å². The van der Waals surface area contributed by atoms with Crippen LogP contribution in [0.25, 0.3) is 0 Å². The minimum Gasteiger partial charge on any atom is -0.285 e. The third-order valence-corrected chi connectivity index (χ3v) is 4.96. The predicted octanol–water partition coefficient (Wildman–Crippen LogP) is 3.34. The van der Waals surface area contributed by atoms with Crippen molar-refractivity contribution >= 4 is 40.2 Å². The predicted molar refractivity (Wildman–Crippen MR) is 68.7 cm³/mol. The van der Waals surface area contributed by atoms with E-state index < -0.39 is 5.38 Å². The molecule has 2 unspecified atom stereocenters. The van der Waals surface area contributed by atoms with Gasteiger partial charge in [-0.3, -0.25) is 4.79 Å². The van der Waals surface area contributed by atoms with Gasteiger partial charge in [0, 0.05) is 16.8 Å². The lowest BCUT2D eigenvalue weighted by Crippen LogP contribution is -2.04. The summed E-state index contributed by atoms with van der Waals surface area (Å²) in [6, 6.07) is 9.51.